The molecule has 3 aromatic carbocycles. The van der Waals surface area contributed by atoms with Gasteiger partial charge in [0.1, 0.15) is 0 Å². The van der Waals surface area contributed by atoms with E-state index in [4.69, 9.17) is 11.6 Å². The minimum absolute atomic E-state index is 0.144. The van der Waals surface area contributed by atoms with Gasteiger partial charge in [-0.3, -0.25) is 9.59 Å². The SMILES string of the molecule is O=C(NCCCc1ccccc1)c1ccc(C(=O)Nc2cccc(Cl)c2)cc1. The Kier molecular flexibility index (Phi) is 6.82. The molecule has 28 heavy (non-hydrogen) atoms. The molecule has 0 saturated heterocycles. The van der Waals surface area contributed by atoms with Gasteiger partial charge in [-0.05, 0) is 60.9 Å². The van der Waals surface area contributed by atoms with Crippen molar-refractivity contribution in [2.45, 2.75) is 12.8 Å². The largest absolute Gasteiger partial charge is 0.352 e. The average molecular weight is 393 g/mol. The van der Waals surface area contributed by atoms with E-state index in [2.05, 4.69) is 22.8 Å². The Bertz CT molecular complexity index is 940. The molecular weight excluding hydrogens is 372 g/mol. The van der Waals surface area contributed by atoms with E-state index in [0.717, 1.165) is 12.8 Å². The van der Waals surface area contributed by atoms with Crippen LogP contribution >= 0.6 is 11.6 Å². The van der Waals surface area contributed by atoms with Crippen LogP contribution in [-0.4, -0.2) is 18.4 Å². The van der Waals surface area contributed by atoms with Crippen LogP contribution in [0, 0.1) is 0 Å². The Morgan fingerprint density at radius 1 is 0.786 bits per heavy atom. The normalized spacial score (nSPS) is 10.3. The number of hydrogen-bond acceptors (Lipinski definition) is 2. The fourth-order valence-electron chi connectivity index (χ4n) is 2.78. The van der Waals surface area contributed by atoms with Crippen LogP contribution in [0.2, 0.25) is 5.02 Å². The van der Waals surface area contributed by atoms with Crippen molar-refractivity contribution in [1.82, 2.24) is 5.32 Å². The molecule has 0 bridgehead atoms. The maximum atomic E-state index is 12.3. The van der Waals surface area contributed by atoms with E-state index in [1.807, 2.05) is 18.2 Å². The standard InChI is InChI=1S/C23H21ClN2O2/c24-20-9-4-10-21(16-20)26-23(28)19-13-11-18(12-14-19)22(27)25-15-5-8-17-6-2-1-3-7-17/h1-4,6-7,9-14,16H,5,8,15H2,(H,25,27)(H,26,28). The quantitative estimate of drug-likeness (QED) is 0.558. The maximum Gasteiger partial charge on any atom is 0.255 e. The molecule has 0 aliphatic rings. The van der Waals surface area contributed by atoms with Crippen molar-refractivity contribution in [3.63, 3.8) is 0 Å². The first-order valence-electron chi connectivity index (χ1n) is 9.11. The average Bonchev–Trinajstić information content (AvgIpc) is 2.72. The van der Waals surface area contributed by atoms with Crippen LogP contribution in [0.3, 0.4) is 0 Å². The van der Waals surface area contributed by atoms with Gasteiger partial charge in [0.15, 0.2) is 0 Å². The van der Waals surface area contributed by atoms with Crippen LogP contribution in [0.15, 0.2) is 78.9 Å². The number of amides is 2. The molecule has 3 rings (SSSR count). The molecule has 0 aliphatic carbocycles. The minimum atomic E-state index is -0.253. The molecule has 0 radical (unpaired) electrons. The molecule has 142 valence electrons. The van der Waals surface area contributed by atoms with Crippen LogP contribution in [0.25, 0.3) is 0 Å². The topological polar surface area (TPSA) is 58.2 Å². The third-order valence-corrected chi connectivity index (χ3v) is 4.50. The molecular formula is C23H21ClN2O2. The summed E-state index contributed by atoms with van der Waals surface area (Å²) in [4.78, 5) is 24.5. The van der Waals surface area contributed by atoms with Gasteiger partial charge in [-0.25, -0.2) is 0 Å². The van der Waals surface area contributed by atoms with E-state index in [9.17, 15) is 9.59 Å². The number of rotatable bonds is 7. The Balaban J connectivity index is 1.49. The molecule has 0 aromatic heterocycles. The molecule has 0 saturated carbocycles. The van der Waals surface area contributed by atoms with E-state index < -0.39 is 0 Å². The highest BCUT2D eigenvalue weighted by Gasteiger charge is 2.09. The van der Waals surface area contributed by atoms with Gasteiger partial charge in [-0.2, -0.15) is 0 Å². The molecule has 2 N–H and O–H groups in total. The summed E-state index contributed by atoms with van der Waals surface area (Å²) in [6, 6.07) is 23.7. The summed E-state index contributed by atoms with van der Waals surface area (Å²) >= 11 is 5.92. The maximum absolute atomic E-state index is 12.3. The number of nitrogens with one attached hydrogen (secondary N) is 2. The highest BCUT2D eigenvalue weighted by atomic mass is 35.5. The molecule has 0 unspecified atom stereocenters. The summed E-state index contributed by atoms with van der Waals surface area (Å²) in [5.41, 5.74) is 2.88. The van der Waals surface area contributed by atoms with Gasteiger partial charge in [-0.1, -0.05) is 48.0 Å². The lowest BCUT2D eigenvalue weighted by Gasteiger charge is -2.08. The number of hydrogen-bond donors (Lipinski definition) is 2. The summed E-state index contributed by atoms with van der Waals surface area (Å²) < 4.78 is 0. The molecule has 2 amide bonds. The number of halogens is 1. The van der Waals surface area contributed by atoms with Crippen molar-refractivity contribution < 1.29 is 9.59 Å². The fourth-order valence-corrected chi connectivity index (χ4v) is 2.97. The first kappa shape index (κ1) is 19.6. The summed E-state index contributed by atoms with van der Waals surface area (Å²) in [5.74, 6) is -0.396. The van der Waals surface area contributed by atoms with E-state index in [-0.39, 0.29) is 11.8 Å². The van der Waals surface area contributed by atoms with Crippen LogP contribution in [0.1, 0.15) is 32.7 Å². The minimum Gasteiger partial charge on any atom is -0.352 e. The van der Waals surface area contributed by atoms with Gasteiger partial charge in [0.2, 0.25) is 0 Å². The van der Waals surface area contributed by atoms with Crippen LogP contribution < -0.4 is 10.6 Å². The second kappa shape index (κ2) is 9.72. The third kappa shape index (κ3) is 5.69. The summed E-state index contributed by atoms with van der Waals surface area (Å²) in [6.07, 6.45) is 1.79. The smallest absolute Gasteiger partial charge is 0.255 e. The lowest BCUT2D eigenvalue weighted by Crippen LogP contribution is -2.24. The summed E-state index contributed by atoms with van der Waals surface area (Å²) in [5, 5.41) is 6.24. The van der Waals surface area contributed by atoms with E-state index in [0.29, 0.717) is 28.4 Å². The monoisotopic (exact) mass is 392 g/mol. The number of carbonyl (C=O) groups excluding carboxylic acids is 2. The lowest BCUT2D eigenvalue weighted by molar-refractivity contribution is 0.0951. The van der Waals surface area contributed by atoms with Crippen molar-refractivity contribution in [1.29, 1.82) is 0 Å². The predicted octanol–water partition coefficient (Wildman–Crippen LogP) is 4.95. The van der Waals surface area contributed by atoms with Gasteiger partial charge in [0.05, 0.1) is 0 Å². The fraction of sp³-hybridized carbons (Fsp3) is 0.130. The second-order valence-corrected chi connectivity index (χ2v) is 6.82. The molecule has 3 aromatic rings. The van der Waals surface area contributed by atoms with E-state index >= 15 is 0 Å². The van der Waals surface area contributed by atoms with Crippen molar-refractivity contribution in [3.8, 4) is 0 Å². The zero-order chi connectivity index (χ0) is 19.8. The van der Waals surface area contributed by atoms with E-state index in [1.54, 1.807) is 48.5 Å². The highest BCUT2D eigenvalue weighted by molar-refractivity contribution is 6.31. The predicted molar refractivity (Wildman–Crippen MR) is 113 cm³/mol. The Morgan fingerprint density at radius 3 is 2.14 bits per heavy atom. The zero-order valence-electron chi connectivity index (χ0n) is 15.3. The number of carbonyl (C=O) groups is 2. The third-order valence-electron chi connectivity index (χ3n) is 4.26. The zero-order valence-corrected chi connectivity index (χ0v) is 16.1. The highest BCUT2D eigenvalue weighted by Crippen LogP contribution is 2.16. The van der Waals surface area contributed by atoms with Crippen molar-refractivity contribution in [3.05, 3.63) is 101 Å². The Morgan fingerprint density at radius 2 is 1.46 bits per heavy atom. The first-order chi connectivity index (χ1) is 13.6. The molecule has 0 fully saturated rings. The van der Waals surface area contributed by atoms with Gasteiger partial charge < -0.3 is 10.6 Å². The molecule has 0 spiro atoms. The van der Waals surface area contributed by atoms with Crippen molar-refractivity contribution in [2.24, 2.45) is 0 Å². The van der Waals surface area contributed by atoms with E-state index in [1.165, 1.54) is 5.56 Å². The first-order valence-corrected chi connectivity index (χ1v) is 9.49. The van der Waals surface area contributed by atoms with Gasteiger partial charge in [-0.15, -0.1) is 0 Å². The number of anilines is 1. The van der Waals surface area contributed by atoms with Gasteiger partial charge >= 0.3 is 0 Å². The summed E-state index contributed by atoms with van der Waals surface area (Å²) in [6.45, 7) is 0.602. The van der Waals surface area contributed by atoms with Crippen LogP contribution in [-0.2, 0) is 6.42 Å². The lowest BCUT2D eigenvalue weighted by atomic mass is 10.1. The van der Waals surface area contributed by atoms with Crippen molar-refractivity contribution >= 4 is 29.1 Å². The second-order valence-electron chi connectivity index (χ2n) is 6.39. The van der Waals surface area contributed by atoms with Crippen LogP contribution in [0.5, 0.6) is 0 Å². The molecule has 0 aliphatic heterocycles. The Hall–Kier alpha value is -3.11. The van der Waals surface area contributed by atoms with Crippen LogP contribution in [0.4, 0.5) is 5.69 Å². The molecule has 0 heterocycles. The molecule has 5 heteroatoms. The van der Waals surface area contributed by atoms with Gasteiger partial charge in [0.25, 0.3) is 11.8 Å². The number of benzene rings is 3. The summed E-state index contributed by atoms with van der Waals surface area (Å²) in [7, 11) is 0. The molecule has 4 nitrogen and oxygen atoms in total. The van der Waals surface area contributed by atoms with Gasteiger partial charge in [0, 0.05) is 28.4 Å². The Labute approximate surface area is 169 Å². The number of aryl methyl sites for hydroxylation is 1. The molecule has 0 atom stereocenters. The van der Waals surface area contributed by atoms with Crippen molar-refractivity contribution in [2.75, 3.05) is 11.9 Å².